The molecule has 0 spiro atoms. The zero-order chi connectivity index (χ0) is 33.9. The number of rotatable bonds is 9. The Hall–Kier alpha value is -3.73. The number of ether oxygens (including phenoxy) is 3. The SMILES string of the molecule is CC1(COCC2(O)CCCCC2n2cnc(C(=O)N3CCN(C(=O)OC(C)(C)C)C[C@H]3Cc3ccccc3)c2-c2ccccc2)COC1. The van der Waals surface area contributed by atoms with Crippen LogP contribution in [0.3, 0.4) is 0 Å². The second-order valence-corrected chi connectivity index (χ2v) is 15.1. The Morgan fingerprint density at radius 3 is 2.38 bits per heavy atom. The normalized spacial score (nSPS) is 24.2. The first kappa shape index (κ1) is 34.1. The van der Waals surface area contributed by atoms with Crippen LogP contribution in [0.15, 0.2) is 67.0 Å². The summed E-state index contributed by atoms with van der Waals surface area (Å²) < 4.78 is 19.3. The molecule has 48 heavy (non-hydrogen) atoms. The molecule has 3 heterocycles. The molecule has 6 rings (SSSR count). The summed E-state index contributed by atoms with van der Waals surface area (Å²) in [5.74, 6) is -0.189. The van der Waals surface area contributed by atoms with Crippen LogP contribution >= 0.6 is 0 Å². The predicted molar refractivity (Wildman–Crippen MR) is 183 cm³/mol. The van der Waals surface area contributed by atoms with Gasteiger partial charge in [-0.05, 0) is 45.6 Å². The van der Waals surface area contributed by atoms with Gasteiger partial charge in [-0.2, -0.15) is 0 Å². The minimum absolute atomic E-state index is 0.0197. The Kier molecular flexibility index (Phi) is 9.97. The van der Waals surface area contributed by atoms with Crippen molar-refractivity contribution in [2.45, 2.75) is 83.1 Å². The third-order valence-electron chi connectivity index (χ3n) is 9.75. The molecule has 3 fully saturated rings. The molecular formula is C38H50N4O6. The van der Waals surface area contributed by atoms with Crippen molar-refractivity contribution in [2.24, 2.45) is 5.41 Å². The summed E-state index contributed by atoms with van der Waals surface area (Å²) in [6.45, 7) is 10.8. The van der Waals surface area contributed by atoms with E-state index in [9.17, 15) is 14.7 Å². The molecule has 0 radical (unpaired) electrons. The molecule has 3 atom stereocenters. The number of imidazole rings is 1. The molecule has 10 nitrogen and oxygen atoms in total. The number of carbonyl (C=O) groups excluding carboxylic acids is 2. The highest BCUT2D eigenvalue weighted by Crippen LogP contribution is 2.42. The van der Waals surface area contributed by atoms with E-state index in [0.29, 0.717) is 63.7 Å². The summed E-state index contributed by atoms with van der Waals surface area (Å²) >= 11 is 0. The van der Waals surface area contributed by atoms with E-state index in [1.165, 1.54) is 0 Å². The van der Waals surface area contributed by atoms with Gasteiger partial charge in [0, 0.05) is 30.6 Å². The summed E-state index contributed by atoms with van der Waals surface area (Å²) in [5, 5.41) is 12.2. The Morgan fingerprint density at radius 2 is 1.71 bits per heavy atom. The van der Waals surface area contributed by atoms with Gasteiger partial charge in [0.25, 0.3) is 5.91 Å². The van der Waals surface area contributed by atoms with Crippen LogP contribution in [-0.4, -0.2) is 99.8 Å². The average molecular weight is 659 g/mol. The van der Waals surface area contributed by atoms with Crippen LogP contribution in [0.25, 0.3) is 11.3 Å². The molecule has 1 aromatic heterocycles. The van der Waals surface area contributed by atoms with E-state index in [2.05, 4.69) is 6.92 Å². The monoisotopic (exact) mass is 658 g/mol. The number of piperazine rings is 1. The molecule has 1 aliphatic carbocycles. The summed E-state index contributed by atoms with van der Waals surface area (Å²) in [6.07, 6.45) is 5.14. The molecule has 2 unspecified atom stereocenters. The molecule has 2 aromatic carbocycles. The number of amides is 2. The van der Waals surface area contributed by atoms with Crippen LogP contribution in [0.1, 0.15) is 75.5 Å². The Labute approximate surface area is 284 Å². The summed E-state index contributed by atoms with van der Waals surface area (Å²) in [7, 11) is 0. The highest BCUT2D eigenvalue weighted by atomic mass is 16.6. The van der Waals surface area contributed by atoms with Crippen molar-refractivity contribution in [3.63, 3.8) is 0 Å². The minimum atomic E-state index is -1.11. The zero-order valence-corrected chi connectivity index (χ0v) is 28.8. The van der Waals surface area contributed by atoms with Gasteiger partial charge in [0.05, 0.1) is 50.5 Å². The van der Waals surface area contributed by atoms with Gasteiger partial charge in [-0.3, -0.25) is 4.79 Å². The Balaban J connectivity index is 1.31. The maximum Gasteiger partial charge on any atom is 0.410 e. The van der Waals surface area contributed by atoms with E-state index >= 15 is 0 Å². The Bertz CT molecular complexity index is 1550. The van der Waals surface area contributed by atoms with Gasteiger partial charge in [0.15, 0.2) is 5.69 Å². The summed E-state index contributed by atoms with van der Waals surface area (Å²) in [4.78, 5) is 36.2. The zero-order valence-electron chi connectivity index (χ0n) is 28.8. The Morgan fingerprint density at radius 1 is 1.00 bits per heavy atom. The van der Waals surface area contributed by atoms with E-state index in [-0.39, 0.29) is 36.1 Å². The number of hydrogen-bond donors (Lipinski definition) is 1. The second kappa shape index (κ2) is 14.0. The smallest absolute Gasteiger partial charge is 0.410 e. The number of benzene rings is 2. The number of hydrogen-bond acceptors (Lipinski definition) is 7. The standard InChI is InChI=1S/C38H50N4O6/c1-36(2,3)48-35(44)40-19-20-41(30(22-40)21-28-13-7-5-8-14-28)34(43)32-33(29-15-9-6-10-16-29)42(27-39-32)31-17-11-12-18-38(31,45)26-47-25-37(4)23-46-24-37/h5-10,13-16,27,30-31,45H,11-12,17-26H2,1-4H3/t30-,31?,38?/m1/s1. The first-order chi connectivity index (χ1) is 22.9. The quantitative estimate of drug-likeness (QED) is 0.312. The first-order valence-electron chi connectivity index (χ1n) is 17.3. The van der Waals surface area contributed by atoms with Gasteiger partial charge >= 0.3 is 6.09 Å². The predicted octanol–water partition coefficient (Wildman–Crippen LogP) is 5.75. The van der Waals surface area contributed by atoms with Crippen LogP contribution in [0.4, 0.5) is 4.79 Å². The van der Waals surface area contributed by atoms with Crippen LogP contribution in [-0.2, 0) is 20.6 Å². The lowest BCUT2D eigenvalue weighted by atomic mass is 9.80. The largest absolute Gasteiger partial charge is 0.444 e. The van der Waals surface area contributed by atoms with Gasteiger partial charge in [0.1, 0.15) is 11.2 Å². The molecular weight excluding hydrogens is 608 g/mol. The molecule has 3 aliphatic rings. The van der Waals surface area contributed by atoms with Crippen molar-refractivity contribution in [2.75, 3.05) is 46.1 Å². The van der Waals surface area contributed by atoms with Gasteiger partial charge in [-0.15, -0.1) is 0 Å². The molecule has 1 N–H and O–H groups in total. The molecule has 1 saturated carbocycles. The molecule has 2 aliphatic heterocycles. The lowest BCUT2D eigenvalue weighted by Gasteiger charge is -2.43. The molecule has 2 saturated heterocycles. The topological polar surface area (TPSA) is 106 Å². The lowest BCUT2D eigenvalue weighted by molar-refractivity contribution is -0.163. The van der Waals surface area contributed by atoms with E-state index < -0.39 is 11.2 Å². The van der Waals surface area contributed by atoms with Crippen LogP contribution in [0, 0.1) is 5.41 Å². The van der Waals surface area contributed by atoms with E-state index in [0.717, 1.165) is 30.4 Å². The van der Waals surface area contributed by atoms with Crippen LogP contribution in [0.5, 0.6) is 0 Å². The van der Waals surface area contributed by atoms with Gasteiger partial charge in [0.2, 0.25) is 0 Å². The molecule has 10 heteroatoms. The van der Waals surface area contributed by atoms with Crippen molar-refractivity contribution in [3.8, 4) is 11.3 Å². The fourth-order valence-electron chi connectivity index (χ4n) is 7.23. The maximum atomic E-state index is 14.7. The van der Waals surface area contributed by atoms with Crippen LogP contribution in [0.2, 0.25) is 0 Å². The summed E-state index contributed by atoms with van der Waals surface area (Å²) in [6, 6.07) is 19.3. The van der Waals surface area contributed by atoms with Crippen molar-refractivity contribution >= 4 is 12.0 Å². The van der Waals surface area contributed by atoms with E-state index in [1.807, 2.05) is 90.9 Å². The fourth-order valence-corrected chi connectivity index (χ4v) is 7.23. The fraction of sp³-hybridized carbons (Fsp3) is 0.553. The highest BCUT2D eigenvalue weighted by Gasteiger charge is 2.44. The molecule has 0 bridgehead atoms. The first-order valence-corrected chi connectivity index (χ1v) is 17.3. The second-order valence-electron chi connectivity index (χ2n) is 15.1. The van der Waals surface area contributed by atoms with Crippen molar-refractivity contribution in [3.05, 3.63) is 78.2 Å². The molecule has 2 amide bonds. The molecule has 258 valence electrons. The number of aliphatic hydroxyl groups is 1. The third-order valence-corrected chi connectivity index (χ3v) is 9.75. The lowest BCUT2D eigenvalue weighted by Crippen LogP contribution is -2.58. The van der Waals surface area contributed by atoms with E-state index in [4.69, 9.17) is 19.2 Å². The minimum Gasteiger partial charge on any atom is -0.444 e. The number of nitrogens with zero attached hydrogens (tertiary/aromatic N) is 4. The average Bonchev–Trinajstić information content (AvgIpc) is 3.49. The number of aromatic nitrogens is 2. The van der Waals surface area contributed by atoms with Gasteiger partial charge < -0.3 is 33.7 Å². The van der Waals surface area contributed by atoms with Crippen LogP contribution < -0.4 is 0 Å². The molecule has 3 aromatic rings. The third kappa shape index (κ3) is 7.61. The van der Waals surface area contributed by atoms with E-state index in [1.54, 1.807) is 11.2 Å². The van der Waals surface area contributed by atoms with Crippen molar-refractivity contribution < 1.29 is 28.9 Å². The van der Waals surface area contributed by atoms with Gasteiger partial charge in [-0.25, -0.2) is 9.78 Å². The summed E-state index contributed by atoms with van der Waals surface area (Å²) in [5.41, 5.74) is 1.23. The van der Waals surface area contributed by atoms with Crippen molar-refractivity contribution in [1.82, 2.24) is 19.4 Å². The van der Waals surface area contributed by atoms with Gasteiger partial charge in [-0.1, -0.05) is 80.4 Å². The van der Waals surface area contributed by atoms with Crippen molar-refractivity contribution in [1.29, 1.82) is 0 Å². The number of carbonyl (C=O) groups is 2. The maximum absolute atomic E-state index is 14.7. The highest BCUT2D eigenvalue weighted by molar-refractivity contribution is 5.98.